The van der Waals surface area contributed by atoms with Crippen LogP contribution in [0.4, 0.5) is 13.2 Å². The van der Waals surface area contributed by atoms with Crippen LogP contribution >= 0.6 is 0 Å². The molecule has 25 heavy (non-hydrogen) atoms. The molecule has 0 heterocycles. The average molecular weight is 360 g/mol. The molecule has 0 saturated carbocycles. The van der Waals surface area contributed by atoms with Crippen molar-refractivity contribution in [1.82, 2.24) is 0 Å². The van der Waals surface area contributed by atoms with E-state index in [0.717, 1.165) is 25.3 Å². The maximum atomic E-state index is 13.1. The molecule has 0 aliphatic heterocycles. The van der Waals surface area contributed by atoms with Crippen LogP contribution in [0.5, 0.6) is 11.5 Å². The number of phenols is 1. The number of rotatable bonds is 11. The summed E-state index contributed by atoms with van der Waals surface area (Å²) in [5.74, 6) is -0.591. The van der Waals surface area contributed by atoms with Gasteiger partial charge in [-0.2, -0.15) is 13.2 Å². The quantitative estimate of drug-likeness (QED) is 0.428. The lowest BCUT2D eigenvalue weighted by Gasteiger charge is -2.18. The van der Waals surface area contributed by atoms with Gasteiger partial charge in [0, 0.05) is 5.56 Å². The molecule has 0 atom stereocenters. The Hall–Kier alpha value is -1.39. The van der Waals surface area contributed by atoms with Gasteiger partial charge in [0.1, 0.15) is 17.1 Å². The van der Waals surface area contributed by atoms with E-state index in [9.17, 15) is 18.3 Å². The minimum Gasteiger partial charge on any atom is -0.508 e. The van der Waals surface area contributed by atoms with E-state index in [-0.39, 0.29) is 24.0 Å². The third-order valence-electron chi connectivity index (χ3n) is 4.31. The molecule has 0 fully saturated rings. The molecule has 0 unspecified atom stereocenters. The van der Waals surface area contributed by atoms with Crippen LogP contribution in [0.1, 0.15) is 89.2 Å². The zero-order valence-electron chi connectivity index (χ0n) is 15.6. The number of hydrogen-bond acceptors (Lipinski definition) is 2. The topological polar surface area (TPSA) is 29.5 Å². The van der Waals surface area contributed by atoms with Gasteiger partial charge in [0.15, 0.2) is 0 Å². The van der Waals surface area contributed by atoms with Crippen molar-refractivity contribution in [3.8, 4) is 11.5 Å². The summed E-state index contributed by atoms with van der Waals surface area (Å²) in [5.41, 5.74) is -0.437. The Morgan fingerprint density at radius 3 is 2.04 bits per heavy atom. The molecular weight excluding hydrogens is 329 g/mol. The van der Waals surface area contributed by atoms with Crippen molar-refractivity contribution in [3.05, 3.63) is 23.3 Å². The molecule has 0 aliphatic carbocycles. The lowest BCUT2D eigenvalue weighted by atomic mass is 9.99. The van der Waals surface area contributed by atoms with Gasteiger partial charge in [0.05, 0.1) is 6.61 Å². The van der Waals surface area contributed by atoms with Crippen molar-refractivity contribution < 1.29 is 23.0 Å². The lowest BCUT2D eigenvalue weighted by Crippen LogP contribution is -2.10. The average Bonchev–Trinajstić information content (AvgIpc) is 2.53. The highest BCUT2D eigenvalue weighted by molar-refractivity contribution is 5.48. The third kappa shape index (κ3) is 7.57. The molecule has 5 heteroatoms. The predicted octanol–water partition coefficient (Wildman–Crippen LogP) is 7.05. The molecule has 1 rings (SSSR count). The largest absolute Gasteiger partial charge is 0.508 e. The maximum absolute atomic E-state index is 13.1. The van der Waals surface area contributed by atoms with Gasteiger partial charge in [-0.1, -0.05) is 65.7 Å². The first-order valence-corrected chi connectivity index (χ1v) is 9.34. The second-order valence-electron chi connectivity index (χ2n) is 6.88. The van der Waals surface area contributed by atoms with Crippen LogP contribution < -0.4 is 4.74 Å². The van der Waals surface area contributed by atoms with Gasteiger partial charge in [0.2, 0.25) is 0 Å². The fourth-order valence-electron chi connectivity index (χ4n) is 2.81. The third-order valence-corrected chi connectivity index (χ3v) is 4.31. The molecular formula is C20H31F3O2. The second-order valence-corrected chi connectivity index (χ2v) is 6.88. The summed E-state index contributed by atoms with van der Waals surface area (Å²) < 4.78 is 44.9. The Morgan fingerprint density at radius 1 is 0.960 bits per heavy atom. The Kier molecular flexibility index (Phi) is 9.15. The van der Waals surface area contributed by atoms with E-state index in [1.807, 2.05) is 13.8 Å². The predicted molar refractivity (Wildman–Crippen MR) is 95.3 cm³/mol. The highest BCUT2D eigenvalue weighted by Gasteiger charge is 2.35. The number of benzene rings is 1. The van der Waals surface area contributed by atoms with Gasteiger partial charge < -0.3 is 9.84 Å². The minimum atomic E-state index is -4.54. The van der Waals surface area contributed by atoms with Gasteiger partial charge in [-0.05, 0) is 24.5 Å². The number of unbranched alkanes of at least 4 members (excludes halogenated alkanes) is 7. The number of alkyl halides is 3. The summed E-state index contributed by atoms with van der Waals surface area (Å²) in [5, 5.41) is 9.82. The summed E-state index contributed by atoms with van der Waals surface area (Å²) >= 11 is 0. The Balaban J connectivity index is 2.55. The van der Waals surface area contributed by atoms with E-state index in [1.54, 1.807) is 0 Å². The number of hydrogen-bond donors (Lipinski definition) is 1. The van der Waals surface area contributed by atoms with Crippen LogP contribution in [0.3, 0.4) is 0 Å². The smallest absolute Gasteiger partial charge is 0.420 e. The van der Waals surface area contributed by atoms with E-state index in [0.29, 0.717) is 5.56 Å². The first kappa shape index (κ1) is 21.7. The van der Waals surface area contributed by atoms with Crippen molar-refractivity contribution in [2.45, 2.75) is 84.2 Å². The Morgan fingerprint density at radius 2 is 1.52 bits per heavy atom. The normalized spacial score (nSPS) is 12.0. The number of phenolic OH excluding ortho intramolecular Hbond substituents is 1. The molecule has 2 nitrogen and oxygen atoms in total. The summed E-state index contributed by atoms with van der Waals surface area (Å²) in [6, 6.07) is 2.10. The SMILES string of the molecule is CCCCCCCCCCOc1cc(C(C)C)c(O)cc1C(F)(F)F. The van der Waals surface area contributed by atoms with Crippen LogP contribution in [0.2, 0.25) is 0 Å². The summed E-state index contributed by atoms with van der Waals surface area (Å²) in [7, 11) is 0. The van der Waals surface area contributed by atoms with E-state index < -0.39 is 11.7 Å². The zero-order chi connectivity index (χ0) is 18.9. The van der Waals surface area contributed by atoms with Crippen molar-refractivity contribution >= 4 is 0 Å². The second kappa shape index (κ2) is 10.6. The van der Waals surface area contributed by atoms with Crippen molar-refractivity contribution in [1.29, 1.82) is 0 Å². The van der Waals surface area contributed by atoms with E-state index in [1.165, 1.54) is 38.2 Å². The molecule has 0 aromatic heterocycles. The zero-order valence-corrected chi connectivity index (χ0v) is 15.6. The van der Waals surface area contributed by atoms with Gasteiger partial charge in [-0.3, -0.25) is 0 Å². The fraction of sp³-hybridized carbons (Fsp3) is 0.700. The van der Waals surface area contributed by atoms with E-state index >= 15 is 0 Å². The Labute approximate surface area is 149 Å². The number of halogens is 3. The first-order chi connectivity index (χ1) is 11.8. The monoisotopic (exact) mass is 360 g/mol. The van der Waals surface area contributed by atoms with Crippen LogP contribution in [-0.2, 0) is 6.18 Å². The molecule has 0 aliphatic rings. The molecule has 0 bridgehead atoms. The van der Waals surface area contributed by atoms with Gasteiger partial charge in [-0.25, -0.2) is 0 Å². The van der Waals surface area contributed by atoms with Crippen LogP contribution in [0.25, 0.3) is 0 Å². The molecule has 144 valence electrons. The number of ether oxygens (including phenoxy) is 1. The van der Waals surface area contributed by atoms with Gasteiger partial charge in [0.25, 0.3) is 0 Å². The van der Waals surface area contributed by atoms with Crippen molar-refractivity contribution in [2.24, 2.45) is 0 Å². The molecule has 0 saturated heterocycles. The molecule has 0 radical (unpaired) electrons. The van der Waals surface area contributed by atoms with Gasteiger partial charge in [-0.15, -0.1) is 0 Å². The Bertz CT molecular complexity index is 510. The van der Waals surface area contributed by atoms with Crippen LogP contribution in [0.15, 0.2) is 12.1 Å². The standard InChI is InChI=1S/C20H31F3O2/c1-4-5-6-7-8-9-10-11-12-25-19-13-16(15(2)3)18(24)14-17(19)20(21,22)23/h13-15,24H,4-12H2,1-3H3. The lowest BCUT2D eigenvalue weighted by molar-refractivity contribution is -0.139. The maximum Gasteiger partial charge on any atom is 0.420 e. The van der Waals surface area contributed by atoms with Gasteiger partial charge >= 0.3 is 6.18 Å². The molecule has 0 spiro atoms. The van der Waals surface area contributed by atoms with Crippen molar-refractivity contribution in [2.75, 3.05) is 6.61 Å². The highest BCUT2D eigenvalue weighted by atomic mass is 19.4. The molecule has 1 aromatic rings. The van der Waals surface area contributed by atoms with Crippen LogP contribution in [0, 0.1) is 0 Å². The van der Waals surface area contributed by atoms with Crippen LogP contribution in [-0.4, -0.2) is 11.7 Å². The highest BCUT2D eigenvalue weighted by Crippen LogP contribution is 2.41. The van der Waals surface area contributed by atoms with E-state index in [2.05, 4.69) is 6.92 Å². The molecule has 1 N–H and O–H groups in total. The fourth-order valence-corrected chi connectivity index (χ4v) is 2.81. The number of aromatic hydroxyl groups is 1. The van der Waals surface area contributed by atoms with E-state index in [4.69, 9.17) is 4.74 Å². The molecule has 1 aromatic carbocycles. The molecule has 0 amide bonds. The summed E-state index contributed by atoms with van der Waals surface area (Å²) in [6.07, 6.45) is 4.39. The minimum absolute atomic E-state index is 0.0762. The summed E-state index contributed by atoms with van der Waals surface area (Å²) in [6.45, 7) is 6.09. The first-order valence-electron chi connectivity index (χ1n) is 9.34. The summed E-state index contributed by atoms with van der Waals surface area (Å²) in [4.78, 5) is 0. The van der Waals surface area contributed by atoms with Crippen molar-refractivity contribution in [3.63, 3.8) is 0 Å².